The summed E-state index contributed by atoms with van der Waals surface area (Å²) < 4.78 is 0. The fourth-order valence-corrected chi connectivity index (χ4v) is 1.39. The third-order valence-electron chi connectivity index (χ3n) is 2.04. The van der Waals surface area contributed by atoms with E-state index >= 15 is 0 Å². The second-order valence-corrected chi connectivity index (χ2v) is 2.73. The average molecular weight is 124 g/mol. The van der Waals surface area contributed by atoms with Gasteiger partial charge in [-0.3, -0.25) is 0 Å². The molecule has 1 saturated carbocycles. The van der Waals surface area contributed by atoms with Crippen molar-refractivity contribution in [3.63, 3.8) is 0 Å². The first-order chi connectivity index (χ1) is 4.36. The van der Waals surface area contributed by atoms with Gasteiger partial charge in [-0.2, -0.15) is 0 Å². The van der Waals surface area contributed by atoms with Crippen LogP contribution in [0.5, 0.6) is 0 Å². The van der Waals surface area contributed by atoms with Crippen molar-refractivity contribution in [3.8, 4) is 12.3 Å². The number of aliphatic hydroxyl groups is 1. The normalized spacial score (nSPS) is 34.2. The van der Waals surface area contributed by atoms with Crippen LogP contribution < -0.4 is 0 Å². The van der Waals surface area contributed by atoms with Crippen LogP contribution in [0.4, 0.5) is 0 Å². The van der Waals surface area contributed by atoms with Gasteiger partial charge in [0, 0.05) is 12.5 Å². The van der Waals surface area contributed by atoms with Crippen LogP contribution in [0.2, 0.25) is 0 Å². The molecule has 0 aliphatic heterocycles. The van der Waals surface area contributed by atoms with Crippen molar-refractivity contribution >= 4 is 0 Å². The lowest BCUT2D eigenvalue weighted by Gasteiger charge is -2.01. The number of hydrogen-bond donors (Lipinski definition) is 1. The molecular formula is C8H12O. The predicted molar refractivity (Wildman–Crippen MR) is 36.7 cm³/mol. The quantitative estimate of drug-likeness (QED) is 0.517. The van der Waals surface area contributed by atoms with Gasteiger partial charge < -0.3 is 5.11 Å². The molecule has 0 heterocycles. The van der Waals surface area contributed by atoms with Crippen molar-refractivity contribution in [2.45, 2.75) is 19.3 Å². The Morgan fingerprint density at radius 2 is 2.33 bits per heavy atom. The number of terminal acetylenes is 1. The van der Waals surface area contributed by atoms with Gasteiger partial charge in [0.2, 0.25) is 0 Å². The Hall–Kier alpha value is -0.480. The van der Waals surface area contributed by atoms with Crippen molar-refractivity contribution in [3.05, 3.63) is 0 Å². The van der Waals surface area contributed by atoms with Gasteiger partial charge in [-0.25, -0.2) is 0 Å². The fraction of sp³-hybridized carbons (Fsp3) is 0.750. The van der Waals surface area contributed by atoms with Gasteiger partial charge in [0.05, 0.1) is 0 Å². The summed E-state index contributed by atoms with van der Waals surface area (Å²) >= 11 is 0. The molecule has 0 saturated heterocycles. The number of hydrogen-bond acceptors (Lipinski definition) is 1. The third kappa shape index (κ3) is 1.46. The predicted octanol–water partition coefficient (Wildman–Crippen LogP) is 1.03. The highest BCUT2D eigenvalue weighted by Gasteiger charge is 2.21. The van der Waals surface area contributed by atoms with E-state index in [4.69, 9.17) is 11.5 Å². The molecule has 0 amide bonds. The van der Waals surface area contributed by atoms with E-state index in [1.807, 2.05) is 0 Å². The molecule has 0 aromatic heterocycles. The summed E-state index contributed by atoms with van der Waals surface area (Å²) in [7, 11) is 0. The van der Waals surface area contributed by atoms with Crippen molar-refractivity contribution in [2.24, 2.45) is 11.8 Å². The molecule has 1 aliphatic rings. The molecule has 9 heavy (non-hydrogen) atoms. The van der Waals surface area contributed by atoms with Crippen LogP contribution in [-0.4, -0.2) is 11.7 Å². The van der Waals surface area contributed by atoms with E-state index in [2.05, 4.69) is 5.92 Å². The zero-order valence-electron chi connectivity index (χ0n) is 5.51. The molecule has 2 atom stereocenters. The molecule has 0 unspecified atom stereocenters. The standard InChI is InChI=1S/C8H12O/c1-2-7-3-4-8(5-7)6-9/h1,7-9H,3-6H2/t7-,8+/m0/s1. The van der Waals surface area contributed by atoms with E-state index in [0.717, 1.165) is 19.3 Å². The molecular weight excluding hydrogens is 112 g/mol. The Labute approximate surface area is 56.1 Å². The second-order valence-electron chi connectivity index (χ2n) is 2.73. The zero-order chi connectivity index (χ0) is 6.69. The van der Waals surface area contributed by atoms with E-state index in [0.29, 0.717) is 18.4 Å². The molecule has 0 aromatic rings. The number of rotatable bonds is 1. The molecule has 1 N–H and O–H groups in total. The van der Waals surface area contributed by atoms with Crippen LogP contribution in [0, 0.1) is 24.2 Å². The van der Waals surface area contributed by atoms with Crippen LogP contribution in [0.1, 0.15) is 19.3 Å². The summed E-state index contributed by atoms with van der Waals surface area (Å²) in [5, 5.41) is 8.71. The maximum absolute atomic E-state index is 8.71. The minimum atomic E-state index is 0.318. The molecule has 1 nitrogen and oxygen atoms in total. The molecule has 1 aliphatic carbocycles. The Morgan fingerprint density at radius 3 is 2.67 bits per heavy atom. The molecule has 0 radical (unpaired) electrons. The largest absolute Gasteiger partial charge is 0.396 e. The maximum atomic E-state index is 8.71. The third-order valence-corrected chi connectivity index (χ3v) is 2.04. The van der Waals surface area contributed by atoms with Crippen LogP contribution in [0.3, 0.4) is 0 Å². The minimum absolute atomic E-state index is 0.318. The van der Waals surface area contributed by atoms with Gasteiger partial charge in [0.15, 0.2) is 0 Å². The van der Waals surface area contributed by atoms with Crippen LogP contribution in [-0.2, 0) is 0 Å². The Balaban J connectivity index is 2.31. The van der Waals surface area contributed by atoms with Gasteiger partial charge in [0.1, 0.15) is 0 Å². The van der Waals surface area contributed by atoms with Gasteiger partial charge in [-0.15, -0.1) is 12.3 Å². The lowest BCUT2D eigenvalue weighted by molar-refractivity contribution is 0.228. The Morgan fingerprint density at radius 1 is 1.56 bits per heavy atom. The monoisotopic (exact) mass is 124 g/mol. The van der Waals surface area contributed by atoms with E-state index in [-0.39, 0.29) is 0 Å². The van der Waals surface area contributed by atoms with Crippen LogP contribution in [0.15, 0.2) is 0 Å². The van der Waals surface area contributed by atoms with E-state index in [1.54, 1.807) is 0 Å². The minimum Gasteiger partial charge on any atom is -0.396 e. The maximum Gasteiger partial charge on any atom is 0.0459 e. The van der Waals surface area contributed by atoms with Crippen molar-refractivity contribution in [2.75, 3.05) is 6.61 Å². The molecule has 0 spiro atoms. The first-order valence-electron chi connectivity index (χ1n) is 3.43. The van der Waals surface area contributed by atoms with Gasteiger partial charge >= 0.3 is 0 Å². The first-order valence-corrected chi connectivity index (χ1v) is 3.43. The van der Waals surface area contributed by atoms with E-state index < -0.39 is 0 Å². The van der Waals surface area contributed by atoms with Gasteiger partial charge in [-0.05, 0) is 25.2 Å². The number of aliphatic hydroxyl groups excluding tert-OH is 1. The van der Waals surface area contributed by atoms with Crippen LogP contribution in [0.25, 0.3) is 0 Å². The second kappa shape index (κ2) is 2.89. The highest BCUT2D eigenvalue weighted by atomic mass is 16.3. The lowest BCUT2D eigenvalue weighted by atomic mass is 10.1. The highest BCUT2D eigenvalue weighted by Crippen LogP contribution is 2.29. The summed E-state index contributed by atoms with van der Waals surface area (Å²) in [6, 6.07) is 0. The highest BCUT2D eigenvalue weighted by molar-refractivity contribution is 4.97. The summed E-state index contributed by atoms with van der Waals surface area (Å²) in [6.45, 7) is 0.318. The Kier molecular flexibility index (Phi) is 2.13. The summed E-state index contributed by atoms with van der Waals surface area (Å²) in [4.78, 5) is 0. The topological polar surface area (TPSA) is 20.2 Å². The summed E-state index contributed by atoms with van der Waals surface area (Å²) in [6.07, 6.45) is 8.48. The molecule has 1 fully saturated rings. The average Bonchev–Trinajstić information content (AvgIpc) is 2.34. The van der Waals surface area contributed by atoms with Gasteiger partial charge in [0.25, 0.3) is 0 Å². The zero-order valence-corrected chi connectivity index (χ0v) is 5.51. The summed E-state index contributed by atoms with van der Waals surface area (Å²) in [5.74, 6) is 3.66. The van der Waals surface area contributed by atoms with E-state index in [1.165, 1.54) is 0 Å². The van der Waals surface area contributed by atoms with Crippen molar-refractivity contribution in [1.82, 2.24) is 0 Å². The smallest absolute Gasteiger partial charge is 0.0459 e. The SMILES string of the molecule is C#C[C@H]1CC[C@@H](CO)C1. The van der Waals surface area contributed by atoms with Crippen molar-refractivity contribution in [1.29, 1.82) is 0 Å². The van der Waals surface area contributed by atoms with E-state index in [9.17, 15) is 0 Å². The lowest BCUT2D eigenvalue weighted by Crippen LogP contribution is -1.99. The van der Waals surface area contributed by atoms with Gasteiger partial charge in [-0.1, -0.05) is 0 Å². The molecule has 1 heteroatoms. The molecule has 50 valence electrons. The van der Waals surface area contributed by atoms with Crippen LogP contribution >= 0.6 is 0 Å². The molecule has 0 bridgehead atoms. The molecule has 1 rings (SSSR count). The fourth-order valence-electron chi connectivity index (χ4n) is 1.39. The van der Waals surface area contributed by atoms with Crippen molar-refractivity contribution < 1.29 is 5.11 Å². The first kappa shape index (κ1) is 6.64. The Bertz CT molecular complexity index is 123. The summed E-state index contributed by atoms with van der Waals surface area (Å²) in [5.41, 5.74) is 0. The molecule has 0 aromatic carbocycles.